The van der Waals surface area contributed by atoms with Gasteiger partial charge in [0.05, 0.1) is 18.8 Å². The summed E-state index contributed by atoms with van der Waals surface area (Å²) < 4.78 is 12.5. The van der Waals surface area contributed by atoms with E-state index in [9.17, 15) is 0 Å². The van der Waals surface area contributed by atoms with E-state index in [0.717, 1.165) is 19.4 Å². The highest BCUT2D eigenvalue weighted by Gasteiger charge is 2.38. The van der Waals surface area contributed by atoms with Crippen LogP contribution in [0.4, 0.5) is 0 Å². The standard InChI is InChI=1S/C16H32O2Si/c1-8-9-14-11-10-13(2)15(18-14)12-17-19(6,7)16(3,4)5/h8,13-15H,1,9-12H2,2-7H3/t13-,14+,15+/m0/s1. The Bertz CT molecular complexity index is 294. The van der Waals surface area contributed by atoms with Crippen molar-refractivity contribution in [2.75, 3.05) is 6.61 Å². The van der Waals surface area contributed by atoms with Gasteiger partial charge in [-0.15, -0.1) is 6.58 Å². The lowest BCUT2D eigenvalue weighted by Crippen LogP contribution is -2.45. The number of hydrogen-bond acceptors (Lipinski definition) is 2. The molecular formula is C16H32O2Si. The van der Waals surface area contributed by atoms with Crippen LogP contribution in [0.25, 0.3) is 0 Å². The van der Waals surface area contributed by atoms with Gasteiger partial charge in [-0.3, -0.25) is 0 Å². The van der Waals surface area contributed by atoms with Gasteiger partial charge in [0.15, 0.2) is 8.32 Å². The van der Waals surface area contributed by atoms with Gasteiger partial charge in [-0.25, -0.2) is 0 Å². The van der Waals surface area contributed by atoms with Gasteiger partial charge in [0.1, 0.15) is 0 Å². The number of ether oxygens (including phenoxy) is 1. The van der Waals surface area contributed by atoms with Crippen LogP contribution in [0.2, 0.25) is 18.1 Å². The summed E-state index contributed by atoms with van der Waals surface area (Å²) in [4.78, 5) is 0. The summed E-state index contributed by atoms with van der Waals surface area (Å²) in [5, 5.41) is 0.269. The zero-order valence-electron chi connectivity index (χ0n) is 13.7. The van der Waals surface area contributed by atoms with E-state index < -0.39 is 8.32 Å². The van der Waals surface area contributed by atoms with Crippen molar-refractivity contribution in [1.82, 2.24) is 0 Å². The second kappa shape index (κ2) is 6.55. The number of hydrogen-bond donors (Lipinski definition) is 0. The lowest BCUT2D eigenvalue weighted by Gasteiger charge is -2.40. The minimum atomic E-state index is -1.66. The Balaban J connectivity index is 2.53. The Morgan fingerprint density at radius 3 is 2.47 bits per heavy atom. The third kappa shape index (κ3) is 4.73. The highest BCUT2D eigenvalue weighted by atomic mass is 28.4. The van der Waals surface area contributed by atoms with Gasteiger partial charge in [0, 0.05) is 0 Å². The SMILES string of the molecule is C=CC[C@@H]1CC[C@H](C)[C@@H](CO[Si](C)(C)C(C)(C)C)O1. The third-order valence-corrected chi connectivity index (χ3v) is 9.29. The zero-order chi connectivity index (χ0) is 14.7. The fourth-order valence-corrected chi connectivity index (χ4v) is 3.17. The molecule has 0 bridgehead atoms. The van der Waals surface area contributed by atoms with Crippen molar-refractivity contribution < 1.29 is 9.16 Å². The van der Waals surface area contributed by atoms with Crippen molar-refractivity contribution in [3.05, 3.63) is 12.7 Å². The molecule has 0 aromatic rings. The second-order valence-electron chi connectivity index (χ2n) is 7.45. The van der Waals surface area contributed by atoms with Crippen LogP contribution in [0, 0.1) is 5.92 Å². The van der Waals surface area contributed by atoms with Gasteiger partial charge in [0.25, 0.3) is 0 Å². The maximum absolute atomic E-state index is 6.32. The van der Waals surface area contributed by atoms with E-state index in [1.807, 2.05) is 6.08 Å². The van der Waals surface area contributed by atoms with Crippen LogP contribution in [0.5, 0.6) is 0 Å². The maximum Gasteiger partial charge on any atom is 0.192 e. The fourth-order valence-electron chi connectivity index (χ4n) is 2.15. The van der Waals surface area contributed by atoms with Gasteiger partial charge >= 0.3 is 0 Å². The normalized spacial score (nSPS) is 29.3. The van der Waals surface area contributed by atoms with Crippen LogP contribution < -0.4 is 0 Å². The molecule has 0 spiro atoms. The van der Waals surface area contributed by atoms with E-state index in [4.69, 9.17) is 9.16 Å². The minimum absolute atomic E-state index is 0.257. The zero-order valence-corrected chi connectivity index (χ0v) is 14.7. The predicted molar refractivity (Wildman–Crippen MR) is 85.0 cm³/mol. The van der Waals surface area contributed by atoms with E-state index in [1.165, 1.54) is 6.42 Å². The molecule has 1 aliphatic heterocycles. The van der Waals surface area contributed by atoms with Gasteiger partial charge in [-0.2, -0.15) is 0 Å². The first-order valence-electron chi connectivity index (χ1n) is 7.57. The highest BCUT2D eigenvalue weighted by molar-refractivity contribution is 6.74. The summed E-state index contributed by atoms with van der Waals surface area (Å²) in [7, 11) is -1.66. The molecule has 0 aromatic carbocycles. The molecule has 3 atom stereocenters. The summed E-state index contributed by atoms with van der Waals surface area (Å²) in [6.45, 7) is 18.3. The first-order chi connectivity index (χ1) is 8.67. The Labute approximate surface area is 120 Å². The Hall–Kier alpha value is -0.123. The predicted octanol–water partition coefficient (Wildman–Crippen LogP) is 4.77. The monoisotopic (exact) mass is 284 g/mol. The molecule has 0 amide bonds. The molecule has 1 rings (SSSR count). The first-order valence-corrected chi connectivity index (χ1v) is 10.5. The van der Waals surface area contributed by atoms with Crippen LogP contribution >= 0.6 is 0 Å². The Kier molecular flexibility index (Phi) is 5.84. The lowest BCUT2D eigenvalue weighted by atomic mass is 9.93. The molecule has 0 aromatic heterocycles. The van der Waals surface area contributed by atoms with Crippen molar-refractivity contribution in [2.45, 2.75) is 77.3 Å². The number of rotatable bonds is 5. The molecule has 0 radical (unpaired) electrons. The van der Waals surface area contributed by atoms with E-state index in [2.05, 4.69) is 47.4 Å². The average molecular weight is 285 g/mol. The largest absolute Gasteiger partial charge is 0.414 e. The summed E-state index contributed by atoms with van der Waals surface area (Å²) in [5.41, 5.74) is 0. The maximum atomic E-state index is 6.32. The van der Waals surface area contributed by atoms with Crippen molar-refractivity contribution in [3.8, 4) is 0 Å². The molecule has 1 heterocycles. The van der Waals surface area contributed by atoms with Crippen LogP contribution in [0.1, 0.15) is 47.0 Å². The minimum Gasteiger partial charge on any atom is -0.414 e. The van der Waals surface area contributed by atoms with E-state index in [-0.39, 0.29) is 11.1 Å². The molecule has 2 nitrogen and oxygen atoms in total. The van der Waals surface area contributed by atoms with Crippen LogP contribution in [-0.2, 0) is 9.16 Å². The second-order valence-corrected chi connectivity index (χ2v) is 12.3. The highest BCUT2D eigenvalue weighted by Crippen LogP contribution is 2.37. The van der Waals surface area contributed by atoms with Crippen LogP contribution in [-0.4, -0.2) is 27.1 Å². The molecule has 3 heteroatoms. The Morgan fingerprint density at radius 2 is 1.95 bits per heavy atom. The average Bonchev–Trinajstić information content (AvgIpc) is 2.29. The smallest absolute Gasteiger partial charge is 0.192 e. The van der Waals surface area contributed by atoms with Crippen molar-refractivity contribution in [2.24, 2.45) is 5.92 Å². The van der Waals surface area contributed by atoms with Crippen molar-refractivity contribution in [3.63, 3.8) is 0 Å². The van der Waals surface area contributed by atoms with Crippen LogP contribution in [0.15, 0.2) is 12.7 Å². The van der Waals surface area contributed by atoms with E-state index >= 15 is 0 Å². The molecule has 1 saturated heterocycles. The van der Waals surface area contributed by atoms with Crippen molar-refractivity contribution >= 4 is 8.32 Å². The molecule has 0 saturated carbocycles. The third-order valence-electron chi connectivity index (χ3n) is 4.79. The van der Waals surface area contributed by atoms with Crippen molar-refractivity contribution in [1.29, 1.82) is 0 Å². The quantitative estimate of drug-likeness (QED) is 0.535. The summed E-state index contributed by atoms with van der Waals surface area (Å²) in [6, 6.07) is 0. The molecule has 0 aliphatic carbocycles. The molecule has 112 valence electrons. The summed E-state index contributed by atoms with van der Waals surface area (Å²) >= 11 is 0. The first kappa shape index (κ1) is 16.9. The van der Waals surface area contributed by atoms with Crippen LogP contribution in [0.3, 0.4) is 0 Å². The van der Waals surface area contributed by atoms with Gasteiger partial charge < -0.3 is 9.16 Å². The molecule has 0 N–H and O–H groups in total. The van der Waals surface area contributed by atoms with Gasteiger partial charge in [-0.05, 0) is 43.3 Å². The molecule has 1 aliphatic rings. The lowest BCUT2D eigenvalue weighted by molar-refractivity contribution is -0.0949. The van der Waals surface area contributed by atoms with Gasteiger partial charge in [0.2, 0.25) is 0 Å². The summed E-state index contributed by atoms with van der Waals surface area (Å²) in [5.74, 6) is 0.603. The fraction of sp³-hybridized carbons (Fsp3) is 0.875. The molecule has 19 heavy (non-hydrogen) atoms. The van der Waals surface area contributed by atoms with E-state index in [0.29, 0.717) is 12.0 Å². The molecular weight excluding hydrogens is 252 g/mol. The summed E-state index contributed by atoms with van der Waals surface area (Å²) in [6.07, 6.45) is 5.93. The topological polar surface area (TPSA) is 18.5 Å². The Morgan fingerprint density at radius 1 is 1.32 bits per heavy atom. The van der Waals surface area contributed by atoms with Gasteiger partial charge in [-0.1, -0.05) is 33.8 Å². The molecule has 0 unspecified atom stereocenters. The molecule has 1 fully saturated rings. The van der Waals surface area contributed by atoms with E-state index in [1.54, 1.807) is 0 Å².